The van der Waals surface area contributed by atoms with Crippen LogP contribution in [0.4, 0.5) is 0 Å². The number of hydrogen-bond acceptors (Lipinski definition) is 5. The van der Waals surface area contributed by atoms with Crippen molar-refractivity contribution in [3.8, 4) is 33.9 Å². The van der Waals surface area contributed by atoms with Gasteiger partial charge in [0.1, 0.15) is 5.69 Å². The topological polar surface area (TPSA) is 54.8 Å². The van der Waals surface area contributed by atoms with E-state index >= 15 is 0 Å². The van der Waals surface area contributed by atoms with Crippen LogP contribution in [0.3, 0.4) is 0 Å². The van der Waals surface area contributed by atoms with Crippen molar-refractivity contribution >= 4 is 0 Å². The third-order valence-corrected chi connectivity index (χ3v) is 5.67. The highest BCUT2D eigenvalue weighted by Crippen LogP contribution is 2.26. The summed E-state index contributed by atoms with van der Waals surface area (Å²) in [4.78, 5) is 20.7. The maximum atomic E-state index is 4.75. The van der Waals surface area contributed by atoms with Crippen LogP contribution in [0.25, 0.3) is 33.9 Å². The Morgan fingerprint density at radius 1 is 0.806 bits per heavy atom. The molecule has 154 valence electrons. The van der Waals surface area contributed by atoms with Crippen LogP contribution in [0.2, 0.25) is 0 Å². The second kappa shape index (κ2) is 8.74. The van der Waals surface area contributed by atoms with Crippen molar-refractivity contribution in [3.05, 3.63) is 84.4 Å². The second-order valence-corrected chi connectivity index (χ2v) is 8.08. The number of aryl methyl sites for hydroxylation is 1. The summed E-state index contributed by atoms with van der Waals surface area (Å²) >= 11 is 0. The zero-order valence-corrected chi connectivity index (χ0v) is 17.7. The molecule has 5 heteroatoms. The summed E-state index contributed by atoms with van der Waals surface area (Å²) in [6.07, 6.45) is 8.18. The molecule has 0 spiro atoms. The zero-order valence-electron chi connectivity index (χ0n) is 17.7. The molecule has 5 rings (SSSR count). The standard InChI is InChI=1S/C26H25N5/c1-19-6-4-9-25(29-19)26-28-11-10-24(30-26)23-15-22(16-27-17-23)21-8-5-7-20(14-21)18-31-12-2-3-13-31/h4-11,14-17H,2-3,12-13,18H2,1H3. The summed E-state index contributed by atoms with van der Waals surface area (Å²) in [7, 11) is 0. The molecule has 0 atom stereocenters. The fraction of sp³-hybridized carbons (Fsp3) is 0.231. The van der Waals surface area contributed by atoms with Gasteiger partial charge in [-0.15, -0.1) is 0 Å². The van der Waals surface area contributed by atoms with Crippen LogP contribution >= 0.6 is 0 Å². The van der Waals surface area contributed by atoms with Gasteiger partial charge in [0.05, 0.1) is 5.69 Å². The second-order valence-electron chi connectivity index (χ2n) is 8.08. The van der Waals surface area contributed by atoms with Gasteiger partial charge in [-0.1, -0.05) is 24.3 Å². The molecule has 0 unspecified atom stereocenters. The highest BCUT2D eigenvalue weighted by atomic mass is 15.1. The van der Waals surface area contributed by atoms with E-state index in [-0.39, 0.29) is 0 Å². The van der Waals surface area contributed by atoms with Crippen LogP contribution in [0, 0.1) is 6.92 Å². The van der Waals surface area contributed by atoms with Crippen LogP contribution in [0.1, 0.15) is 24.1 Å². The Labute approximate surface area is 182 Å². The Bertz CT molecular complexity index is 1200. The quantitative estimate of drug-likeness (QED) is 0.457. The molecular formula is C26H25N5. The molecule has 0 saturated carbocycles. The molecular weight excluding hydrogens is 382 g/mol. The molecule has 31 heavy (non-hydrogen) atoms. The van der Waals surface area contributed by atoms with Gasteiger partial charge in [0.15, 0.2) is 5.82 Å². The maximum absolute atomic E-state index is 4.75. The molecule has 1 fully saturated rings. The molecule has 0 aliphatic carbocycles. The Morgan fingerprint density at radius 2 is 1.65 bits per heavy atom. The maximum Gasteiger partial charge on any atom is 0.178 e. The van der Waals surface area contributed by atoms with E-state index in [0.717, 1.165) is 34.8 Å². The van der Waals surface area contributed by atoms with Crippen molar-refractivity contribution in [2.75, 3.05) is 13.1 Å². The van der Waals surface area contributed by atoms with Crippen molar-refractivity contribution in [1.82, 2.24) is 24.8 Å². The van der Waals surface area contributed by atoms with Crippen LogP contribution in [-0.4, -0.2) is 37.9 Å². The minimum Gasteiger partial charge on any atom is -0.299 e. The molecule has 1 saturated heterocycles. The molecule has 5 nitrogen and oxygen atoms in total. The van der Waals surface area contributed by atoms with Gasteiger partial charge < -0.3 is 0 Å². The van der Waals surface area contributed by atoms with Gasteiger partial charge in [-0.3, -0.25) is 9.88 Å². The fourth-order valence-electron chi connectivity index (χ4n) is 4.10. The van der Waals surface area contributed by atoms with Gasteiger partial charge in [0.2, 0.25) is 0 Å². The van der Waals surface area contributed by atoms with Gasteiger partial charge in [0.25, 0.3) is 0 Å². The lowest BCUT2D eigenvalue weighted by molar-refractivity contribution is 0.331. The number of nitrogens with zero attached hydrogens (tertiary/aromatic N) is 5. The van der Waals surface area contributed by atoms with E-state index in [1.165, 1.54) is 37.1 Å². The van der Waals surface area contributed by atoms with Crippen molar-refractivity contribution in [3.63, 3.8) is 0 Å². The number of aromatic nitrogens is 4. The highest BCUT2D eigenvalue weighted by molar-refractivity contribution is 5.71. The average molecular weight is 408 g/mol. The summed E-state index contributed by atoms with van der Waals surface area (Å²) < 4.78 is 0. The van der Waals surface area contributed by atoms with Crippen LogP contribution < -0.4 is 0 Å². The molecule has 1 aromatic carbocycles. The summed E-state index contributed by atoms with van der Waals surface area (Å²) in [6.45, 7) is 5.39. The largest absolute Gasteiger partial charge is 0.299 e. The first-order valence-electron chi connectivity index (χ1n) is 10.8. The van der Waals surface area contributed by atoms with E-state index in [2.05, 4.69) is 50.2 Å². The Hall–Kier alpha value is -3.44. The molecule has 0 amide bonds. The smallest absolute Gasteiger partial charge is 0.178 e. The molecule has 0 radical (unpaired) electrons. The third-order valence-electron chi connectivity index (χ3n) is 5.67. The summed E-state index contributed by atoms with van der Waals surface area (Å²) in [5.41, 5.74) is 7.16. The Balaban J connectivity index is 1.44. The van der Waals surface area contributed by atoms with Gasteiger partial charge in [-0.25, -0.2) is 15.0 Å². The lowest BCUT2D eigenvalue weighted by Gasteiger charge is -2.15. The van der Waals surface area contributed by atoms with Gasteiger partial charge >= 0.3 is 0 Å². The number of likely N-dealkylation sites (tertiary alicyclic amines) is 1. The minimum absolute atomic E-state index is 0.624. The molecule has 4 heterocycles. The monoisotopic (exact) mass is 407 g/mol. The molecule has 4 aromatic rings. The van der Waals surface area contributed by atoms with Crippen LogP contribution in [0.5, 0.6) is 0 Å². The third kappa shape index (κ3) is 4.52. The first kappa shape index (κ1) is 19.5. The summed E-state index contributed by atoms with van der Waals surface area (Å²) in [6, 6.07) is 18.7. The normalized spacial score (nSPS) is 14.1. The number of benzene rings is 1. The molecule has 0 N–H and O–H groups in total. The van der Waals surface area contributed by atoms with Crippen molar-refractivity contribution in [1.29, 1.82) is 0 Å². The summed E-state index contributed by atoms with van der Waals surface area (Å²) in [5.74, 6) is 0.624. The molecule has 1 aliphatic heterocycles. The van der Waals surface area contributed by atoms with Gasteiger partial charge in [-0.05, 0) is 74.3 Å². The first-order valence-corrected chi connectivity index (χ1v) is 10.8. The van der Waals surface area contributed by atoms with E-state index < -0.39 is 0 Å². The van der Waals surface area contributed by atoms with E-state index in [1.807, 2.05) is 43.6 Å². The number of pyridine rings is 2. The predicted octanol–water partition coefficient (Wildman–Crippen LogP) is 5.17. The Morgan fingerprint density at radius 3 is 2.52 bits per heavy atom. The van der Waals surface area contributed by atoms with Crippen LogP contribution in [-0.2, 0) is 6.54 Å². The Kier molecular flexibility index (Phi) is 5.50. The van der Waals surface area contributed by atoms with Crippen molar-refractivity contribution in [2.24, 2.45) is 0 Å². The van der Waals surface area contributed by atoms with E-state index in [4.69, 9.17) is 4.98 Å². The fourth-order valence-corrected chi connectivity index (χ4v) is 4.10. The van der Waals surface area contributed by atoms with E-state index in [9.17, 15) is 0 Å². The minimum atomic E-state index is 0.624. The first-order chi connectivity index (χ1) is 15.2. The SMILES string of the molecule is Cc1cccc(-c2nccc(-c3cncc(-c4cccc(CN5CCCC5)c4)c3)n2)n1. The van der Waals surface area contributed by atoms with Crippen molar-refractivity contribution in [2.45, 2.75) is 26.3 Å². The van der Waals surface area contributed by atoms with Gasteiger partial charge in [0, 0.05) is 42.0 Å². The summed E-state index contributed by atoms with van der Waals surface area (Å²) in [5, 5.41) is 0. The van der Waals surface area contributed by atoms with Crippen LogP contribution in [0.15, 0.2) is 73.2 Å². The molecule has 3 aromatic heterocycles. The predicted molar refractivity (Wildman–Crippen MR) is 123 cm³/mol. The van der Waals surface area contributed by atoms with E-state index in [1.54, 1.807) is 6.20 Å². The lowest BCUT2D eigenvalue weighted by Crippen LogP contribution is -2.18. The average Bonchev–Trinajstić information content (AvgIpc) is 3.32. The van der Waals surface area contributed by atoms with Crippen molar-refractivity contribution < 1.29 is 0 Å². The molecule has 1 aliphatic rings. The number of rotatable bonds is 5. The number of hydrogen-bond donors (Lipinski definition) is 0. The molecule has 0 bridgehead atoms. The van der Waals surface area contributed by atoms with Gasteiger partial charge in [-0.2, -0.15) is 0 Å². The zero-order chi connectivity index (χ0) is 21.0. The highest BCUT2D eigenvalue weighted by Gasteiger charge is 2.12. The van der Waals surface area contributed by atoms with E-state index in [0.29, 0.717) is 5.82 Å². The lowest BCUT2D eigenvalue weighted by atomic mass is 10.0.